The summed E-state index contributed by atoms with van der Waals surface area (Å²) >= 11 is 0. The monoisotopic (exact) mass is 340 g/mol. The van der Waals surface area contributed by atoms with Gasteiger partial charge in [0, 0.05) is 37.9 Å². The number of carbonyl (C=O) groups is 1. The largest absolute Gasteiger partial charge is 0.493 e. The molecule has 2 N–H and O–H groups in total. The van der Waals surface area contributed by atoms with Crippen LogP contribution in [0.3, 0.4) is 0 Å². The third-order valence-corrected chi connectivity index (χ3v) is 4.21. The van der Waals surface area contributed by atoms with Crippen LogP contribution in [0.15, 0.2) is 42.5 Å². The maximum atomic E-state index is 12.5. The molecule has 25 heavy (non-hydrogen) atoms. The lowest BCUT2D eigenvalue weighted by atomic mass is 10.0. The molecule has 0 spiro atoms. The quantitative estimate of drug-likeness (QED) is 0.761. The van der Waals surface area contributed by atoms with Crippen LogP contribution in [0.1, 0.15) is 27.9 Å². The summed E-state index contributed by atoms with van der Waals surface area (Å²) in [6, 6.07) is 13.4. The molecule has 2 aromatic rings. The van der Waals surface area contributed by atoms with Crippen LogP contribution in [0.4, 0.5) is 5.69 Å². The molecule has 0 unspecified atom stereocenters. The topological polar surface area (TPSA) is 59.6 Å². The lowest BCUT2D eigenvalue weighted by Crippen LogP contribution is -2.23. The molecule has 0 atom stereocenters. The van der Waals surface area contributed by atoms with Crippen LogP contribution in [-0.2, 0) is 17.7 Å². The van der Waals surface area contributed by atoms with Crippen molar-refractivity contribution in [2.45, 2.75) is 19.4 Å². The van der Waals surface area contributed by atoms with Crippen LogP contribution >= 0.6 is 0 Å². The van der Waals surface area contributed by atoms with Crippen LogP contribution in [-0.4, -0.2) is 32.8 Å². The Labute approximate surface area is 148 Å². The van der Waals surface area contributed by atoms with Crippen molar-refractivity contribution in [1.29, 1.82) is 0 Å². The molecule has 0 saturated carbocycles. The van der Waals surface area contributed by atoms with Gasteiger partial charge in [-0.2, -0.15) is 0 Å². The number of fused-ring (bicyclic) bond motifs is 1. The Kier molecular flexibility index (Phi) is 6.04. The second kappa shape index (κ2) is 8.65. The molecule has 5 nitrogen and oxygen atoms in total. The number of hydrogen-bond acceptors (Lipinski definition) is 4. The molecule has 5 heteroatoms. The molecule has 0 fully saturated rings. The molecule has 0 radical (unpaired) electrons. The molecule has 1 aliphatic heterocycles. The third-order valence-electron chi connectivity index (χ3n) is 4.21. The zero-order valence-corrected chi connectivity index (χ0v) is 14.5. The van der Waals surface area contributed by atoms with Crippen LogP contribution in [0.5, 0.6) is 5.75 Å². The van der Waals surface area contributed by atoms with Gasteiger partial charge in [0.1, 0.15) is 5.75 Å². The van der Waals surface area contributed by atoms with E-state index in [0.717, 1.165) is 31.6 Å². The highest BCUT2D eigenvalue weighted by Gasteiger charge is 2.11. The summed E-state index contributed by atoms with van der Waals surface area (Å²) in [5, 5.41) is 6.32. The molecular formula is C20H24N2O3. The van der Waals surface area contributed by atoms with E-state index in [9.17, 15) is 4.79 Å². The van der Waals surface area contributed by atoms with E-state index >= 15 is 0 Å². The fourth-order valence-corrected chi connectivity index (χ4v) is 2.88. The first-order valence-electron chi connectivity index (χ1n) is 8.62. The molecule has 1 heterocycles. The standard InChI is InChI=1S/C20H24N2O3/c1-24-10-3-11-25-19-5-2-4-16(13-19)20(23)22-18-7-6-15-8-9-21-14-17(15)12-18/h2,4-7,12-13,21H,3,8-11,14H2,1H3,(H,22,23). The Morgan fingerprint density at radius 2 is 2.08 bits per heavy atom. The van der Waals surface area contributed by atoms with E-state index < -0.39 is 0 Å². The fourth-order valence-electron chi connectivity index (χ4n) is 2.88. The Balaban J connectivity index is 1.63. The van der Waals surface area contributed by atoms with Crippen molar-refractivity contribution in [3.63, 3.8) is 0 Å². The molecule has 0 bridgehead atoms. The lowest BCUT2D eigenvalue weighted by Gasteiger charge is -2.18. The second-order valence-electron chi connectivity index (χ2n) is 6.09. The van der Waals surface area contributed by atoms with E-state index in [4.69, 9.17) is 9.47 Å². The summed E-state index contributed by atoms with van der Waals surface area (Å²) in [7, 11) is 1.67. The molecule has 2 aromatic carbocycles. The first-order valence-corrected chi connectivity index (χ1v) is 8.62. The highest BCUT2D eigenvalue weighted by Crippen LogP contribution is 2.20. The summed E-state index contributed by atoms with van der Waals surface area (Å²) in [4.78, 5) is 12.5. The van der Waals surface area contributed by atoms with Gasteiger partial charge in [0.2, 0.25) is 0 Å². The van der Waals surface area contributed by atoms with Gasteiger partial charge in [-0.15, -0.1) is 0 Å². The van der Waals surface area contributed by atoms with Gasteiger partial charge in [-0.1, -0.05) is 12.1 Å². The maximum Gasteiger partial charge on any atom is 0.255 e. The lowest BCUT2D eigenvalue weighted by molar-refractivity contribution is 0.102. The number of amides is 1. The van der Waals surface area contributed by atoms with E-state index in [1.54, 1.807) is 19.2 Å². The minimum atomic E-state index is -0.133. The summed E-state index contributed by atoms with van der Waals surface area (Å²) in [5.41, 5.74) is 4.00. The van der Waals surface area contributed by atoms with Crippen molar-refractivity contribution in [2.24, 2.45) is 0 Å². The first kappa shape index (κ1) is 17.5. The number of methoxy groups -OCH3 is 1. The van der Waals surface area contributed by atoms with Gasteiger partial charge in [0.05, 0.1) is 6.61 Å². The molecule has 1 amide bonds. The number of nitrogens with one attached hydrogen (secondary N) is 2. The van der Waals surface area contributed by atoms with E-state index in [0.29, 0.717) is 24.5 Å². The van der Waals surface area contributed by atoms with Crippen molar-refractivity contribution in [1.82, 2.24) is 5.32 Å². The number of benzene rings is 2. The van der Waals surface area contributed by atoms with Gasteiger partial charge in [0.25, 0.3) is 5.91 Å². The number of anilines is 1. The summed E-state index contributed by atoms with van der Waals surface area (Å²) in [6.45, 7) is 3.09. The third kappa shape index (κ3) is 4.81. The van der Waals surface area contributed by atoms with Crippen LogP contribution in [0.2, 0.25) is 0 Å². The molecular weight excluding hydrogens is 316 g/mol. The van der Waals surface area contributed by atoms with Crippen LogP contribution in [0.25, 0.3) is 0 Å². The smallest absolute Gasteiger partial charge is 0.255 e. The van der Waals surface area contributed by atoms with Gasteiger partial charge in [-0.3, -0.25) is 4.79 Å². The number of carbonyl (C=O) groups excluding carboxylic acids is 1. The summed E-state index contributed by atoms with van der Waals surface area (Å²) in [5.74, 6) is 0.560. The van der Waals surface area contributed by atoms with Gasteiger partial charge < -0.3 is 20.1 Å². The Hall–Kier alpha value is -2.37. The molecule has 0 aliphatic carbocycles. The van der Waals surface area contributed by atoms with Gasteiger partial charge in [-0.05, 0) is 54.4 Å². The van der Waals surface area contributed by atoms with Crippen molar-refractivity contribution >= 4 is 11.6 Å². The van der Waals surface area contributed by atoms with E-state index in [1.807, 2.05) is 24.3 Å². The van der Waals surface area contributed by atoms with E-state index in [2.05, 4.69) is 16.7 Å². The SMILES string of the molecule is COCCCOc1cccc(C(=O)Nc2ccc3c(c2)CNCC3)c1. The molecule has 0 saturated heterocycles. The number of hydrogen-bond donors (Lipinski definition) is 2. The Bertz CT molecular complexity index is 731. The minimum absolute atomic E-state index is 0.133. The minimum Gasteiger partial charge on any atom is -0.493 e. The van der Waals surface area contributed by atoms with Crippen molar-refractivity contribution in [3.8, 4) is 5.75 Å². The predicted octanol–water partition coefficient (Wildman–Crippen LogP) is 3.00. The Morgan fingerprint density at radius 3 is 2.96 bits per heavy atom. The highest BCUT2D eigenvalue weighted by molar-refractivity contribution is 6.04. The average molecular weight is 340 g/mol. The zero-order chi connectivity index (χ0) is 17.5. The maximum absolute atomic E-state index is 12.5. The molecule has 132 valence electrons. The molecule has 0 aromatic heterocycles. The van der Waals surface area contributed by atoms with Crippen molar-refractivity contribution < 1.29 is 14.3 Å². The number of ether oxygens (including phenoxy) is 2. The summed E-state index contributed by atoms with van der Waals surface area (Å²) in [6.07, 6.45) is 1.85. The van der Waals surface area contributed by atoms with Crippen LogP contribution in [0, 0.1) is 0 Å². The van der Waals surface area contributed by atoms with E-state index in [-0.39, 0.29) is 5.91 Å². The molecule has 3 rings (SSSR count). The zero-order valence-electron chi connectivity index (χ0n) is 14.5. The normalized spacial score (nSPS) is 13.2. The summed E-state index contributed by atoms with van der Waals surface area (Å²) < 4.78 is 10.7. The van der Waals surface area contributed by atoms with Crippen molar-refractivity contribution in [2.75, 3.05) is 32.2 Å². The first-order chi connectivity index (χ1) is 12.3. The van der Waals surface area contributed by atoms with Crippen LogP contribution < -0.4 is 15.4 Å². The molecule has 1 aliphatic rings. The van der Waals surface area contributed by atoms with Gasteiger partial charge >= 0.3 is 0 Å². The van der Waals surface area contributed by atoms with Gasteiger partial charge in [-0.25, -0.2) is 0 Å². The van der Waals surface area contributed by atoms with Gasteiger partial charge in [0.15, 0.2) is 0 Å². The highest BCUT2D eigenvalue weighted by atomic mass is 16.5. The average Bonchev–Trinajstić information content (AvgIpc) is 2.65. The predicted molar refractivity (Wildman–Crippen MR) is 98.2 cm³/mol. The second-order valence-corrected chi connectivity index (χ2v) is 6.09. The fraction of sp³-hybridized carbons (Fsp3) is 0.350. The Morgan fingerprint density at radius 1 is 1.16 bits per heavy atom. The number of rotatable bonds is 7. The van der Waals surface area contributed by atoms with E-state index in [1.165, 1.54) is 11.1 Å². The van der Waals surface area contributed by atoms with Crippen molar-refractivity contribution in [3.05, 3.63) is 59.2 Å².